The quantitative estimate of drug-likeness (QED) is 0.931. The van der Waals surface area contributed by atoms with E-state index in [2.05, 4.69) is 10.4 Å². The van der Waals surface area contributed by atoms with Crippen LogP contribution < -0.4 is 5.32 Å². The number of rotatable bonds is 3. The van der Waals surface area contributed by atoms with Crippen molar-refractivity contribution in [2.45, 2.75) is 44.1 Å². The zero-order chi connectivity index (χ0) is 16.7. The molecular formula is C18H21N3O2S. The number of benzene rings is 1. The maximum Gasteiger partial charge on any atom is 0.228 e. The van der Waals surface area contributed by atoms with Crippen molar-refractivity contribution in [3.05, 3.63) is 41.1 Å². The lowest BCUT2D eigenvalue weighted by Crippen LogP contribution is -2.23. The van der Waals surface area contributed by atoms with E-state index in [1.807, 2.05) is 35.9 Å². The second-order valence-corrected chi connectivity index (χ2v) is 8.13. The summed E-state index contributed by atoms with van der Waals surface area (Å²) in [5.74, 6) is 1.82. The molecule has 1 aliphatic heterocycles. The summed E-state index contributed by atoms with van der Waals surface area (Å²) in [6, 6.07) is 7.99. The summed E-state index contributed by atoms with van der Waals surface area (Å²) in [5.41, 5.74) is 3.83. The summed E-state index contributed by atoms with van der Waals surface area (Å²) in [5, 5.41) is 7.77. The summed E-state index contributed by atoms with van der Waals surface area (Å²) in [6.07, 6.45) is 4.16. The van der Waals surface area contributed by atoms with Gasteiger partial charge in [0.1, 0.15) is 5.82 Å². The fourth-order valence-electron chi connectivity index (χ4n) is 3.64. The molecule has 1 fully saturated rings. The number of aromatic nitrogens is 2. The van der Waals surface area contributed by atoms with E-state index in [0.29, 0.717) is 17.3 Å². The molecule has 0 radical (unpaired) electrons. The molecule has 1 aliphatic carbocycles. The Morgan fingerprint density at radius 1 is 1.25 bits per heavy atom. The minimum atomic E-state index is -0.912. The van der Waals surface area contributed by atoms with Crippen LogP contribution in [-0.2, 0) is 27.1 Å². The highest BCUT2D eigenvalue weighted by Crippen LogP contribution is 2.33. The molecule has 1 unspecified atom stereocenters. The van der Waals surface area contributed by atoms with Gasteiger partial charge in [-0.05, 0) is 31.4 Å². The SMILES string of the molecule is Cc1ccccc1-n1nc2c(c1NC(=O)C1CCCC1)CS(=O)C2. The number of nitrogens with one attached hydrogen (secondary N) is 1. The molecule has 2 aromatic rings. The molecule has 1 aromatic carbocycles. The molecule has 6 heteroatoms. The molecule has 2 heterocycles. The first-order valence-electron chi connectivity index (χ1n) is 8.46. The van der Waals surface area contributed by atoms with E-state index in [-0.39, 0.29) is 11.8 Å². The first kappa shape index (κ1) is 15.6. The number of aryl methyl sites for hydroxylation is 1. The smallest absolute Gasteiger partial charge is 0.228 e. The number of nitrogens with zero attached hydrogens (tertiary/aromatic N) is 2. The van der Waals surface area contributed by atoms with E-state index >= 15 is 0 Å². The Bertz CT molecular complexity index is 822. The van der Waals surface area contributed by atoms with Gasteiger partial charge >= 0.3 is 0 Å². The third-order valence-corrected chi connectivity index (χ3v) is 6.19. The first-order valence-corrected chi connectivity index (χ1v) is 9.95. The maximum atomic E-state index is 12.6. The number of carbonyl (C=O) groups is 1. The first-order chi connectivity index (χ1) is 11.6. The van der Waals surface area contributed by atoms with Crippen molar-refractivity contribution in [3.8, 4) is 5.69 Å². The van der Waals surface area contributed by atoms with Crippen LogP contribution in [0.15, 0.2) is 24.3 Å². The molecule has 1 saturated carbocycles. The van der Waals surface area contributed by atoms with Crippen molar-refractivity contribution in [3.63, 3.8) is 0 Å². The fourth-order valence-corrected chi connectivity index (χ4v) is 4.90. The van der Waals surface area contributed by atoms with E-state index in [9.17, 15) is 9.00 Å². The van der Waals surface area contributed by atoms with E-state index < -0.39 is 10.8 Å². The molecule has 1 amide bonds. The molecular weight excluding hydrogens is 322 g/mol. The topological polar surface area (TPSA) is 64.0 Å². The van der Waals surface area contributed by atoms with Crippen LogP contribution in [0.1, 0.15) is 42.5 Å². The second kappa shape index (κ2) is 6.16. The highest BCUT2D eigenvalue weighted by Gasteiger charge is 2.30. The van der Waals surface area contributed by atoms with Crippen LogP contribution in [0.4, 0.5) is 5.82 Å². The predicted molar refractivity (Wildman–Crippen MR) is 94.4 cm³/mol. The van der Waals surface area contributed by atoms with E-state index in [4.69, 9.17) is 0 Å². The van der Waals surface area contributed by atoms with Crippen LogP contribution in [0.5, 0.6) is 0 Å². The molecule has 2 aliphatic rings. The van der Waals surface area contributed by atoms with Gasteiger partial charge in [0.05, 0.1) is 22.9 Å². The Morgan fingerprint density at radius 3 is 2.75 bits per heavy atom. The van der Waals surface area contributed by atoms with Gasteiger partial charge in [0.15, 0.2) is 0 Å². The zero-order valence-electron chi connectivity index (χ0n) is 13.7. The Morgan fingerprint density at radius 2 is 2.00 bits per heavy atom. The van der Waals surface area contributed by atoms with E-state index in [1.54, 1.807) is 0 Å². The molecule has 4 rings (SSSR count). The number of amides is 1. The van der Waals surface area contributed by atoms with Gasteiger partial charge in [0.2, 0.25) is 5.91 Å². The van der Waals surface area contributed by atoms with Crippen LogP contribution in [0.25, 0.3) is 5.69 Å². The van der Waals surface area contributed by atoms with Crippen LogP contribution in [-0.4, -0.2) is 19.9 Å². The van der Waals surface area contributed by atoms with Gasteiger partial charge in [-0.15, -0.1) is 0 Å². The predicted octanol–water partition coefficient (Wildman–Crippen LogP) is 3.07. The normalized spacial score (nSPS) is 20.3. The standard InChI is InChI=1S/C18H21N3O2S/c1-12-6-2-5-9-16(12)21-17(14-10-24(23)11-15(14)20-21)19-18(22)13-7-3-4-8-13/h2,5-6,9,13H,3-4,7-8,10-11H2,1H3,(H,19,22). The van der Waals surface area contributed by atoms with Gasteiger partial charge in [-0.25, -0.2) is 4.68 Å². The van der Waals surface area contributed by atoms with Crippen LogP contribution in [0, 0.1) is 12.8 Å². The van der Waals surface area contributed by atoms with Crippen molar-refractivity contribution in [1.82, 2.24) is 9.78 Å². The summed E-state index contributed by atoms with van der Waals surface area (Å²) in [4.78, 5) is 12.6. The molecule has 1 N–H and O–H groups in total. The number of fused-ring (bicyclic) bond motifs is 1. The Kier molecular flexibility index (Phi) is 4.00. The molecule has 1 aromatic heterocycles. The van der Waals surface area contributed by atoms with Gasteiger partial charge in [-0.3, -0.25) is 9.00 Å². The highest BCUT2D eigenvalue weighted by molar-refractivity contribution is 7.83. The average Bonchev–Trinajstić information content (AvgIpc) is 3.26. The minimum absolute atomic E-state index is 0.0720. The number of anilines is 1. The Hall–Kier alpha value is -1.95. The van der Waals surface area contributed by atoms with E-state index in [0.717, 1.165) is 48.2 Å². The van der Waals surface area contributed by atoms with E-state index in [1.165, 1.54) is 0 Å². The average molecular weight is 343 g/mol. The third-order valence-electron chi connectivity index (χ3n) is 4.98. The number of para-hydroxylation sites is 1. The van der Waals surface area contributed by atoms with Gasteiger partial charge in [-0.1, -0.05) is 31.0 Å². The maximum absolute atomic E-state index is 12.6. The van der Waals surface area contributed by atoms with Crippen molar-refractivity contribution in [2.75, 3.05) is 5.32 Å². The third kappa shape index (κ3) is 2.69. The Labute approximate surface area is 143 Å². The van der Waals surface area contributed by atoms with Crippen molar-refractivity contribution < 1.29 is 9.00 Å². The highest BCUT2D eigenvalue weighted by atomic mass is 32.2. The largest absolute Gasteiger partial charge is 0.310 e. The van der Waals surface area contributed by atoms with Gasteiger partial charge in [0, 0.05) is 22.3 Å². The monoisotopic (exact) mass is 343 g/mol. The van der Waals surface area contributed by atoms with Crippen LogP contribution in [0.3, 0.4) is 0 Å². The number of hydrogen-bond acceptors (Lipinski definition) is 3. The van der Waals surface area contributed by atoms with Gasteiger partial charge in [-0.2, -0.15) is 5.10 Å². The summed E-state index contributed by atoms with van der Waals surface area (Å²) in [6.45, 7) is 2.03. The molecule has 126 valence electrons. The summed E-state index contributed by atoms with van der Waals surface area (Å²) < 4.78 is 13.7. The van der Waals surface area contributed by atoms with Crippen molar-refractivity contribution in [1.29, 1.82) is 0 Å². The summed E-state index contributed by atoms with van der Waals surface area (Å²) in [7, 11) is -0.912. The number of hydrogen-bond donors (Lipinski definition) is 1. The van der Waals surface area contributed by atoms with Crippen LogP contribution in [0.2, 0.25) is 0 Å². The number of carbonyl (C=O) groups excluding carboxylic acids is 1. The molecule has 1 atom stereocenters. The minimum Gasteiger partial charge on any atom is -0.310 e. The Balaban J connectivity index is 1.75. The zero-order valence-corrected chi connectivity index (χ0v) is 14.6. The molecule has 0 saturated heterocycles. The summed E-state index contributed by atoms with van der Waals surface area (Å²) >= 11 is 0. The van der Waals surface area contributed by atoms with Crippen LogP contribution >= 0.6 is 0 Å². The van der Waals surface area contributed by atoms with Gasteiger partial charge in [0.25, 0.3) is 0 Å². The lowest BCUT2D eigenvalue weighted by atomic mass is 10.1. The molecule has 0 bridgehead atoms. The van der Waals surface area contributed by atoms with Crippen molar-refractivity contribution in [2.24, 2.45) is 5.92 Å². The lowest BCUT2D eigenvalue weighted by Gasteiger charge is -2.15. The second-order valence-electron chi connectivity index (χ2n) is 6.67. The molecule has 0 spiro atoms. The van der Waals surface area contributed by atoms with Gasteiger partial charge < -0.3 is 5.32 Å². The van der Waals surface area contributed by atoms with Crippen molar-refractivity contribution >= 4 is 22.5 Å². The fraction of sp³-hybridized carbons (Fsp3) is 0.444. The molecule has 5 nitrogen and oxygen atoms in total. The lowest BCUT2D eigenvalue weighted by molar-refractivity contribution is -0.119. The molecule has 24 heavy (non-hydrogen) atoms.